The monoisotopic (exact) mass is 430 g/mol. The van der Waals surface area contributed by atoms with Gasteiger partial charge in [-0.3, -0.25) is 0 Å². The fraction of sp³-hybridized carbons (Fsp3) is 0.280. The standard InChI is InChI=1S/C25H26N4OS/c1-17(2)19-7-10-21-22(16-19)27-24(28-25(26-21)23-4-3-15-31-23)18-5-8-20(9-6-18)29-11-13-30-14-12-29/h3-10,15-17H,11-14H2,1-2H3,(H,26,27,28). The van der Waals surface area contributed by atoms with Crippen molar-refractivity contribution in [3.05, 3.63) is 76.0 Å². The van der Waals surface area contributed by atoms with E-state index in [4.69, 9.17) is 14.7 Å². The summed E-state index contributed by atoms with van der Waals surface area (Å²) >= 11 is 1.66. The topological polar surface area (TPSA) is 49.2 Å². The molecule has 3 heterocycles. The number of morpholine rings is 1. The van der Waals surface area contributed by atoms with E-state index in [1.165, 1.54) is 11.3 Å². The zero-order chi connectivity index (χ0) is 21.2. The molecule has 0 aliphatic carbocycles. The molecule has 2 aromatic carbocycles. The minimum atomic E-state index is 0.448. The van der Waals surface area contributed by atoms with Gasteiger partial charge in [-0.15, -0.1) is 11.3 Å². The number of ether oxygens (including phenoxy) is 1. The minimum absolute atomic E-state index is 0.448. The van der Waals surface area contributed by atoms with E-state index in [2.05, 4.69) is 78.0 Å². The van der Waals surface area contributed by atoms with Gasteiger partial charge in [-0.25, -0.2) is 9.98 Å². The Morgan fingerprint density at radius 1 is 1.00 bits per heavy atom. The highest BCUT2D eigenvalue weighted by Gasteiger charge is 2.18. The number of hydrogen-bond donors (Lipinski definition) is 1. The van der Waals surface area contributed by atoms with E-state index >= 15 is 0 Å². The van der Waals surface area contributed by atoms with Gasteiger partial charge in [-0.05, 0) is 59.3 Å². The second-order valence-electron chi connectivity index (χ2n) is 8.08. The van der Waals surface area contributed by atoms with Gasteiger partial charge in [-0.1, -0.05) is 26.0 Å². The van der Waals surface area contributed by atoms with Crippen molar-refractivity contribution in [2.45, 2.75) is 19.8 Å². The highest BCUT2D eigenvalue weighted by molar-refractivity contribution is 7.12. The number of amidine groups is 2. The quantitative estimate of drug-likeness (QED) is 0.581. The summed E-state index contributed by atoms with van der Waals surface area (Å²) in [5.41, 5.74) is 5.45. The Labute approximate surface area is 187 Å². The van der Waals surface area contributed by atoms with Crippen LogP contribution in [-0.2, 0) is 4.74 Å². The molecule has 158 valence electrons. The predicted octanol–water partition coefficient (Wildman–Crippen LogP) is 5.66. The number of anilines is 2. The third kappa shape index (κ3) is 4.27. The molecule has 0 spiro atoms. The van der Waals surface area contributed by atoms with Crippen molar-refractivity contribution in [3.8, 4) is 0 Å². The van der Waals surface area contributed by atoms with Crippen LogP contribution >= 0.6 is 11.3 Å². The average molecular weight is 431 g/mol. The maximum absolute atomic E-state index is 5.48. The summed E-state index contributed by atoms with van der Waals surface area (Å²) in [7, 11) is 0. The first-order valence-corrected chi connectivity index (χ1v) is 11.6. The van der Waals surface area contributed by atoms with Crippen LogP contribution in [-0.4, -0.2) is 38.0 Å². The van der Waals surface area contributed by atoms with E-state index in [1.807, 2.05) is 6.07 Å². The Balaban J connectivity index is 1.52. The molecule has 2 aliphatic heterocycles. The Bertz CT molecular complexity index is 1110. The van der Waals surface area contributed by atoms with Crippen LogP contribution in [0.5, 0.6) is 0 Å². The lowest BCUT2D eigenvalue weighted by atomic mass is 10.0. The lowest BCUT2D eigenvalue weighted by Gasteiger charge is -2.29. The summed E-state index contributed by atoms with van der Waals surface area (Å²) < 4.78 is 5.48. The molecule has 6 heteroatoms. The molecular weight excluding hydrogens is 404 g/mol. The number of nitrogens with zero attached hydrogens (tertiary/aromatic N) is 3. The van der Waals surface area contributed by atoms with E-state index in [1.54, 1.807) is 11.3 Å². The lowest BCUT2D eigenvalue weighted by Crippen LogP contribution is -2.36. The molecule has 5 rings (SSSR count). The van der Waals surface area contributed by atoms with E-state index in [0.29, 0.717) is 5.92 Å². The third-order valence-electron chi connectivity index (χ3n) is 5.64. The molecule has 0 radical (unpaired) electrons. The Morgan fingerprint density at radius 3 is 2.52 bits per heavy atom. The van der Waals surface area contributed by atoms with Gasteiger partial charge in [0, 0.05) is 24.3 Å². The summed E-state index contributed by atoms with van der Waals surface area (Å²) in [6.07, 6.45) is 0. The van der Waals surface area contributed by atoms with Crippen molar-refractivity contribution in [1.29, 1.82) is 0 Å². The molecule has 1 N–H and O–H groups in total. The smallest absolute Gasteiger partial charge is 0.172 e. The number of fused-ring (bicyclic) bond motifs is 1. The van der Waals surface area contributed by atoms with Gasteiger partial charge in [0.15, 0.2) is 5.84 Å². The number of hydrogen-bond acceptors (Lipinski definition) is 6. The molecule has 1 fully saturated rings. The molecule has 31 heavy (non-hydrogen) atoms. The highest BCUT2D eigenvalue weighted by Crippen LogP contribution is 2.33. The number of benzene rings is 2. The Hall–Kier alpha value is -2.96. The predicted molar refractivity (Wildman–Crippen MR) is 131 cm³/mol. The largest absolute Gasteiger partial charge is 0.378 e. The molecule has 3 aromatic rings. The second-order valence-corrected chi connectivity index (χ2v) is 9.02. The SMILES string of the molecule is CC(C)c1ccc2c(c1)NC(c1ccc(N3CCOCC3)cc1)=NC(c1cccs1)=N2. The summed E-state index contributed by atoms with van der Waals surface area (Å²) in [5.74, 6) is 2.01. The van der Waals surface area contributed by atoms with Gasteiger partial charge >= 0.3 is 0 Å². The van der Waals surface area contributed by atoms with E-state index in [9.17, 15) is 0 Å². The van der Waals surface area contributed by atoms with Gasteiger partial charge in [0.05, 0.1) is 29.5 Å². The van der Waals surface area contributed by atoms with Gasteiger partial charge in [-0.2, -0.15) is 0 Å². The zero-order valence-electron chi connectivity index (χ0n) is 17.8. The summed E-state index contributed by atoms with van der Waals surface area (Å²) in [4.78, 5) is 13.3. The molecule has 5 nitrogen and oxygen atoms in total. The molecule has 2 aliphatic rings. The van der Waals surface area contributed by atoms with Gasteiger partial charge in [0.25, 0.3) is 0 Å². The fourth-order valence-electron chi connectivity index (χ4n) is 3.82. The third-order valence-corrected chi connectivity index (χ3v) is 6.51. The van der Waals surface area contributed by atoms with Crippen molar-refractivity contribution >= 4 is 40.1 Å². The van der Waals surface area contributed by atoms with Crippen LogP contribution in [0.1, 0.15) is 35.8 Å². The fourth-order valence-corrected chi connectivity index (χ4v) is 4.47. The summed E-state index contributed by atoms with van der Waals surface area (Å²) in [6, 6.07) is 19.2. The van der Waals surface area contributed by atoms with Crippen molar-refractivity contribution in [2.24, 2.45) is 9.98 Å². The van der Waals surface area contributed by atoms with Crippen LogP contribution in [0.3, 0.4) is 0 Å². The van der Waals surface area contributed by atoms with Gasteiger partial charge in [0.1, 0.15) is 5.84 Å². The average Bonchev–Trinajstić information content (AvgIpc) is 3.27. The first-order chi connectivity index (χ1) is 15.2. The molecule has 1 saturated heterocycles. The molecular formula is C25H26N4OS. The number of thiophene rings is 1. The van der Waals surface area contributed by atoms with E-state index in [-0.39, 0.29) is 0 Å². The molecule has 0 amide bonds. The number of aliphatic imine (C=N–C) groups is 2. The molecule has 0 bridgehead atoms. The number of rotatable bonds is 4. The van der Waals surface area contributed by atoms with Gasteiger partial charge < -0.3 is 15.0 Å². The normalized spacial score (nSPS) is 16.3. The summed E-state index contributed by atoms with van der Waals surface area (Å²) in [5, 5.41) is 5.63. The zero-order valence-corrected chi connectivity index (χ0v) is 18.7. The number of nitrogens with one attached hydrogen (secondary N) is 1. The van der Waals surface area contributed by atoms with Crippen molar-refractivity contribution in [2.75, 3.05) is 36.5 Å². The first-order valence-electron chi connectivity index (χ1n) is 10.7. The van der Waals surface area contributed by atoms with Crippen LogP contribution in [0.4, 0.5) is 17.1 Å². The van der Waals surface area contributed by atoms with E-state index in [0.717, 1.165) is 59.8 Å². The van der Waals surface area contributed by atoms with Crippen LogP contribution < -0.4 is 10.2 Å². The van der Waals surface area contributed by atoms with Crippen LogP contribution in [0.2, 0.25) is 0 Å². The first kappa shape index (κ1) is 20.0. The maximum atomic E-state index is 5.48. The van der Waals surface area contributed by atoms with Crippen LogP contribution in [0.25, 0.3) is 0 Å². The van der Waals surface area contributed by atoms with Crippen molar-refractivity contribution in [1.82, 2.24) is 0 Å². The second kappa shape index (κ2) is 8.65. The minimum Gasteiger partial charge on any atom is -0.378 e. The van der Waals surface area contributed by atoms with Crippen LogP contribution in [0, 0.1) is 0 Å². The van der Waals surface area contributed by atoms with Gasteiger partial charge in [0.2, 0.25) is 0 Å². The summed E-state index contributed by atoms with van der Waals surface area (Å²) in [6.45, 7) is 7.84. The van der Waals surface area contributed by atoms with E-state index < -0.39 is 0 Å². The molecule has 0 unspecified atom stereocenters. The molecule has 0 saturated carbocycles. The highest BCUT2D eigenvalue weighted by atomic mass is 32.1. The van der Waals surface area contributed by atoms with Crippen molar-refractivity contribution in [3.63, 3.8) is 0 Å². The molecule has 0 atom stereocenters. The molecule has 1 aromatic heterocycles. The Kier molecular flexibility index (Phi) is 5.57. The Morgan fingerprint density at radius 2 is 1.81 bits per heavy atom. The van der Waals surface area contributed by atoms with Crippen LogP contribution in [0.15, 0.2) is 70.0 Å². The lowest BCUT2D eigenvalue weighted by molar-refractivity contribution is 0.122. The van der Waals surface area contributed by atoms with Crippen molar-refractivity contribution < 1.29 is 4.74 Å². The maximum Gasteiger partial charge on any atom is 0.172 e.